The smallest absolute Gasteiger partial charge is 0.426 e. The monoisotopic (exact) mass is 405 g/mol. The third-order valence-electron chi connectivity index (χ3n) is 3.89. The van der Waals surface area contributed by atoms with Crippen molar-refractivity contribution >= 4 is 35.6 Å². The summed E-state index contributed by atoms with van der Waals surface area (Å²) >= 11 is 0. The molecule has 0 aliphatic carbocycles. The Hall–Kier alpha value is -3.76. The number of amides is 4. The highest BCUT2D eigenvalue weighted by atomic mass is 16.6. The maximum Gasteiger partial charge on any atom is 0.426 e. The van der Waals surface area contributed by atoms with Gasteiger partial charge in [0, 0.05) is 6.42 Å². The van der Waals surface area contributed by atoms with E-state index in [0.717, 1.165) is 4.90 Å². The second-order valence-electron chi connectivity index (χ2n) is 6.12. The SMILES string of the molecule is O=C(O)CCCCOC(=O)NNC(=O)CC(=O)CN1C(=O)c2ccccc2C1=O. The number of aliphatic carboxylic acids is 1. The molecule has 0 fully saturated rings. The molecule has 0 aromatic heterocycles. The molecule has 154 valence electrons. The Morgan fingerprint density at radius 2 is 1.59 bits per heavy atom. The van der Waals surface area contributed by atoms with Gasteiger partial charge in [-0.3, -0.25) is 34.3 Å². The molecule has 0 saturated carbocycles. The molecule has 29 heavy (non-hydrogen) atoms. The number of imide groups is 1. The zero-order valence-corrected chi connectivity index (χ0v) is 15.3. The molecule has 0 spiro atoms. The summed E-state index contributed by atoms with van der Waals surface area (Å²) in [7, 11) is 0. The average Bonchev–Trinajstić information content (AvgIpc) is 2.91. The number of hydrogen-bond acceptors (Lipinski definition) is 7. The van der Waals surface area contributed by atoms with Crippen LogP contribution in [0, 0.1) is 0 Å². The van der Waals surface area contributed by atoms with Crippen LogP contribution in [0.2, 0.25) is 0 Å². The Labute approximate surface area is 165 Å². The third-order valence-corrected chi connectivity index (χ3v) is 3.89. The molecule has 11 nitrogen and oxygen atoms in total. The van der Waals surface area contributed by atoms with Gasteiger partial charge < -0.3 is 9.84 Å². The van der Waals surface area contributed by atoms with E-state index in [1.54, 1.807) is 12.1 Å². The van der Waals surface area contributed by atoms with Crippen LogP contribution in [-0.2, 0) is 19.1 Å². The number of benzene rings is 1. The lowest BCUT2D eigenvalue weighted by atomic mass is 10.1. The van der Waals surface area contributed by atoms with Crippen molar-refractivity contribution in [1.82, 2.24) is 15.8 Å². The summed E-state index contributed by atoms with van der Waals surface area (Å²) < 4.78 is 4.71. The van der Waals surface area contributed by atoms with Crippen molar-refractivity contribution in [1.29, 1.82) is 0 Å². The molecule has 0 atom stereocenters. The van der Waals surface area contributed by atoms with Gasteiger partial charge in [-0.2, -0.15) is 0 Å². The Morgan fingerprint density at radius 3 is 2.17 bits per heavy atom. The summed E-state index contributed by atoms with van der Waals surface area (Å²) in [5, 5.41) is 8.47. The van der Waals surface area contributed by atoms with Gasteiger partial charge in [0.25, 0.3) is 11.8 Å². The number of rotatable bonds is 9. The number of carbonyl (C=O) groups excluding carboxylic acids is 5. The van der Waals surface area contributed by atoms with Crippen LogP contribution < -0.4 is 10.9 Å². The summed E-state index contributed by atoms with van der Waals surface area (Å²) in [5.41, 5.74) is 4.30. The van der Waals surface area contributed by atoms with Crippen LogP contribution in [0.3, 0.4) is 0 Å². The first-order chi connectivity index (χ1) is 13.8. The zero-order valence-electron chi connectivity index (χ0n) is 15.3. The minimum atomic E-state index is -0.971. The highest BCUT2D eigenvalue weighted by Gasteiger charge is 2.36. The van der Waals surface area contributed by atoms with E-state index in [0.29, 0.717) is 12.8 Å². The molecule has 0 radical (unpaired) electrons. The number of hydrazine groups is 1. The van der Waals surface area contributed by atoms with Gasteiger partial charge in [-0.25, -0.2) is 10.2 Å². The van der Waals surface area contributed by atoms with Crippen LogP contribution >= 0.6 is 0 Å². The van der Waals surface area contributed by atoms with Crippen molar-refractivity contribution in [3.05, 3.63) is 35.4 Å². The Bertz CT molecular complexity index is 816. The molecule has 2 rings (SSSR count). The largest absolute Gasteiger partial charge is 0.481 e. The fourth-order valence-corrected chi connectivity index (χ4v) is 2.54. The van der Waals surface area contributed by atoms with Gasteiger partial charge in [0.15, 0.2) is 5.78 Å². The Balaban J connectivity index is 1.69. The fraction of sp³-hybridized carbons (Fsp3) is 0.333. The third kappa shape index (κ3) is 6.13. The number of unbranched alkanes of at least 4 members (excludes halogenated alkanes) is 1. The molecule has 11 heteroatoms. The molecule has 1 aliphatic heterocycles. The highest BCUT2D eigenvalue weighted by Crippen LogP contribution is 2.22. The van der Waals surface area contributed by atoms with E-state index < -0.39 is 48.5 Å². The summed E-state index contributed by atoms with van der Waals surface area (Å²) in [5.74, 6) is -3.71. The summed E-state index contributed by atoms with van der Waals surface area (Å²) in [6.07, 6.45) is -1.00. The lowest BCUT2D eigenvalue weighted by molar-refractivity contribution is -0.137. The van der Waals surface area contributed by atoms with Crippen LogP contribution in [0.1, 0.15) is 46.4 Å². The van der Waals surface area contributed by atoms with Crippen molar-refractivity contribution in [2.24, 2.45) is 0 Å². The molecule has 1 aliphatic rings. The Morgan fingerprint density at radius 1 is 0.966 bits per heavy atom. The van der Waals surface area contributed by atoms with Gasteiger partial charge >= 0.3 is 12.1 Å². The Kier molecular flexibility index (Phi) is 7.40. The summed E-state index contributed by atoms with van der Waals surface area (Å²) in [6, 6.07) is 6.15. The fourth-order valence-electron chi connectivity index (χ4n) is 2.54. The number of ketones is 1. The minimum Gasteiger partial charge on any atom is -0.481 e. The van der Waals surface area contributed by atoms with E-state index in [1.807, 2.05) is 10.9 Å². The maximum absolute atomic E-state index is 12.2. The van der Waals surface area contributed by atoms with E-state index in [1.165, 1.54) is 12.1 Å². The predicted octanol–water partition coefficient (Wildman–Crippen LogP) is 0.254. The molecule has 4 amide bonds. The van der Waals surface area contributed by atoms with Crippen LogP contribution in [0.4, 0.5) is 4.79 Å². The summed E-state index contributed by atoms with van der Waals surface area (Å²) in [4.78, 5) is 70.5. The van der Waals surface area contributed by atoms with E-state index in [4.69, 9.17) is 9.84 Å². The van der Waals surface area contributed by atoms with Crippen LogP contribution in [0.25, 0.3) is 0 Å². The second-order valence-corrected chi connectivity index (χ2v) is 6.12. The first-order valence-electron chi connectivity index (χ1n) is 8.70. The first-order valence-corrected chi connectivity index (χ1v) is 8.70. The van der Waals surface area contributed by atoms with Gasteiger partial charge in [0.2, 0.25) is 5.91 Å². The van der Waals surface area contributed by atoms with Gasteiger partial charge in [-0.1, -0.05) is 12.1 Å². The number of carbonyl (C=O) groups is 6. The standard InChI is InChI=1S/C18H19N3O8/c22-11(10-21-16(26)12-5-1-2-6-13(12)17(21)27)9-14(23)19-20-18(28)29-8-4-3-7-15(24)25/h1-2,5-6H,3-4,7-10H2,(H,19,23)(H,20,28)(H,24,25). The minimum absolute atomic E-state index is 0.0341. The predicted molar refractivity (Wildman–Crippen MR) is 95.5 cm³/mol. The molecular formula is C18H19N3O8. The number of fused-ring (bicyclic) bond motifs is 1. The number of nitrogens with zero attached hydrogens (tertiary/aromatic N) is 1. The second kappa shape index (κ2) is 9.97. The van der Waals surface area contributed by atoms with Gasteiger partial charge in [-0.05, 0) is 25.0 Å². The number of nitrogens with one attached hydrogen (secondary N) is 2. The van der Waals surface area contributed by atoms with Crippen LogP contribution in [0.15, 0.2) is 24.3 Å². The molecule has 0 unspecified atom stereocenters. The van der Waals surface area contributed by atoms with Gasteiger partial charge in [0.05, 0.1) is 30.7 Å². The quantitative estimate of drug-likeness (QED) is 0.228. The number of carboxylic acid groups (broad SMARTS) is 1. The number of Topliss-reactive ketones (excluding diaryl/α,β-unsaturated/α-hetero) is 1. The zero-order chi connectivity index (χ0) is 21.4. The van der Waals surface area contributed by atoms with Crippen molar-refractivity contribution in [2.45, 2.75) is 25.7 Å². The van der Waals surface area contributed by atoms with Gasteiger partial charge in [0.1, 0.15) is 0 Å². The lowest BCUT2D eigenvalue weighted by Crippen LogP contribution is -2.44. The molecule has 1 aromatic rings. The van der Waals surface area contributed by atoms with Crippen molar-refractivity contribution in [2.75, 3.05) is 13.2 Å². The molecule has 0 bridgehead atoms. The highest BCUT2D eigenvalue weighted by molar-refractivity contribution is 6.22. The molecule has 1 heterocycles. The van der Waals surface area contributed by atoms with E-state index >= 15 is 0 Å². The average molecular weight is 405 g/mol. The number of hydrogen-bond donors (Lipinski definition) is 3. The lowest BCUT2D eigenvalue weighted by Gasteiger charge is -2.13. The van der Waals surface area contributed by atoms with Crippen molar-refractivity contribution in [3.8, 4) is 0 Å². The summed E-state index contributed by atoms with van der Waals surface area (Å²) in [6.45, 7) is -0.596. The number of ether oxygens (including phenoxy) is 1. The van der Waals surface area contributed by atoms with Crippen molar-refractivity contribution < 1.29 is 38.6 Å². The van der Waals surface area contributed by atoms with E-state index in [2.05, 4.69) is 0 Å². The number of carboxylic acids is 1. The maximum atomic E-state index is 12.2. The van der Waals surface area contributed by atoms with Crippen molar-refractivity contribution in [3.63, 3.8) is 0 Å². The van der Waals surface area contributed by atoms with Gasteiger partial charge in [-0.15, -0.1) is 0 Å². The molecule has 0 saturated heterocycles. The molecule has 1 aromatic carbocycles. The van der Waals surface area contributed by atoms with E-state index in [-0.39, 0.29) is 24.2 Å². The van der Waals surface area contributed by atoms with Crippen LogP contribution in [-0.4, -0.2) is 58.7 Å². The molecular weight excluding hydrogens is 386 g/mol. The normalized spacial score (nSPS) is 12.3. The van der Waals surface area contributed by atoms with Crippen LogP contribution in [0.5, 0.6) is 0 Å². The first kappa shape index (κ1) is 21.5. The molecule has 3 N–H and O–H groups in total. The topological polar surface area (TPSA) is 159 Å². The van der Waals surface area contributed by atoms with E-state index in [9.17, 15) is 28.8 Å².